The number of methoxy groups -OCH3 is 1. The van der Waals surface area contributed by atoms with Crippen LogP contribution in [0.25, 0.3) is 11.1 Å². The number of nitrogens with zero attached hydrogens (tertiary/aromatic N) is 4. The first-order valence-electron chi connectivity index (χ1n) is 15.3. The van der Waals surface area contributed by atoms with Gasteiger partial charge in [0.2, 0.25) is 12.7 Å². The van der Waals surface area contributed by atoms with Crippen molar-refractivity contribution in [2.75, 3.05) is 45.5 Å². The van der Waals surface area contributed by atoms with E-state index in [1.54, 1.807) is 13.3 Å². The summed E-state index contributed by atoms with van der Waals surface area (Å²) < 4.78 is 51.6. The summed E-state index contributed by atoms with van der Waals surface area (Å²) in [5.41, 5.74) is 0.447. The van der Waals surface area contributed by atoms with Crippen LogP contribution >= 0.6 is 12.6 Å². The molecule has 3 aromatic rings. The first-order chi connectivity index (χ1) is 22.9. The molecule has 2 aromatic heterocycles. The largest absolute Gasteiger partial charge is 0.446 e. The Morgan fingerprint density at radius 2 is 1.90 bits per heavy atom. The van der Waals surface area contributed by atoms with Crippen LogP contribution in [0.4, 0.5) is 19.0 Å². The van der Waals surface area contributed by atoms with Gasteiger partial charge in [0.1, 0.15) is 11.4 Å². The third kappa shape index (κ3) is 9.59. The molecule has 1 atom stereocenters. The molecule has 0 spiro atoms. The fourth-order valence-corrected chi connectivity index (χ4v) is 5.62. The smallest absolute Gasteiger partial charge is 0.282 e. The van der Waals surface area contributed by atoms with Gasteiger partial charge in [-0.15, -0.1) is 0 Å². The molecule has 1 aliphatic rings. The van der Waals surface area contributed by atoms with Crippen LogP contribution in [0.2, 0.25) is 0 Å². The van der Waals surface area contributed by atoms with E-state index in [1.165, 1.54) is 48.0 Å². The molecule has 0 radical (unpaired) electrons. The van der Waals surface area contributed by atoms with Gasteiger partial charge in [-0.25, -0.2) is 13.2 Å². The summed E-state index contributed by atoms with van der Waals surface area (Å²) in [7, 11) is 3.20. The number of alkyl halides is 3. The van der Waals surface area contributed by atoms with Crippen molar-refractivity contribution in [2.24, 2.45) is 7.05 Å². The Hall–Kier alpha value is -4.39. The van der Waals surface area contributed by atoms with E-state index in [4.69, 9.17) is 9.47 Å². The van der Waals surface area contributed by atoms with Gasteiger partial charge in [0.15, 0.2) is 0 Å². The van der Waals surface area contributed by atoms with Crippen LogP contribution in [0.15, 0.2) is 47.4 Å². The van der Waals surface area contributed by atoms with Crippen molar-refractivity contribution < 1.29 is 32.2 Å². The van der Waals surface area contributed by atoms with E-state index in [9.17, 15) is 32.8 Å². The molecule has 2 N–H and O–H groups in total. The summed E-state index contributed by atoms with van der Waals surface area (Å²) in [4.78, 5) is 44.6. The fraction of sp³-hybridized carbons (Fsp3) is 0.424. The molecule has 256 valence electrons. The van der Waals surface area contributed by atoms with E-state index >= 15 is 0 Å². The summed E-state index contributed by atoms with van der Waals surface area (Å²) in [6.07, 6.45) is 5.35. The molecule has 11 nitrogen and oxygen atoms in total. The summed E-state index contributed by atoms with van der Waals surface area (Å²) in [6, 6.07) is 10.2. The zero-order valence-corrected chi connectivity index (χ0v) is 27.5. The van der Waals surface area contributed by atoms with Crippen molar-refractivity contribution in [3.8, 4) is 23.1 Å². The van der Waals surface area contributed by atoms with Gasteiger partial charge in [0, 0.05) is 50.4 Å². The number of aromatic nitrogens is 2. The molecule has 0 saturated carbocycles. The van der Waals surface area contributed by atoms with Crippen LogP contribution in [-0.4, -0.2) is 77.6 Å². The lowest BCUT2D eigenvalue weighted by atomic mass is 9.96. The minimum atomic E-state index is -3.01. The van der Waals surface area contributed by atoms with Crippen molar-refractivity contribution in [3.05, 3.63) is 75.2 Å². The Morgan fingerprint density at radius 1 is 1.15 bits per heavy atom. The second-order valence-electron chi connectivity index (χ2n) is 11.5. The van der Waals surface area contributed by atoms with Crippen molar-refractivity contribution >= 4 is 30.3 Å². The molecule has 1 fully saturated rings. The first-order valence-corrected chi connectivity index (χ1v) is 15.8. The standard InChI is InChI=1S/C33H37F3N6O5S/c1-41-17-22(16-38-9-3-5-24(48)6-4-10-46-2)12-27(31(41)44)30(43)40-28-13-23(14-29(39-28)47-20-34)25-8-7-21(15-37)11-26(25)32(45)42-18-33(35,36)19-42/h7-8,11-14,17,24,38,48H,3-6,9-10,16,18-20H2,1-2H3,(H,39,40,43). The highest BCUT2D eigenvalue weighted by Crippen LogP contribution is 2.34. The summed E-state index contributed by atoms with van der Waals surface area (Å²) in [5, 5.41) is 15.5. The number of ether oxygens (including phenoxy) is 2. The number of thiol groups is 1. The fourth-order valence-electron chi connectivity index (χ4n) is 5.25. The number of hydrogen-bond donors (Lipinski definition) is 3. The summed E-state index contributed by atoms with van der Waals surface area (Å²) in [5.74, 6) is -4.91. The van der Waals surface area contributed by atoms with Crippen LogP contribution in [-0.2, 0) is 18.3 Å². The van der Waals surface area contributed by atoms with Crippen molar-refractivity contribution in [1.82, 2.24) is 19.8 Å². The average Bonchev–Trinajstić information content (AvgIpc) is 3.04. The molecule has 0 bridgehead atoms. The number of anilines is 1. The zero-order valence-electron chi connectivity index (χ0n) is 26.6. The molecule has 1 aromatic carbocycles. The Kier molecular flexibility index (Phi) is 12.6. The summed E-state index contributed by atoms with van der Waals surface area (Å²) >= 11 is 4.61. The summed E-state index contributed by atoms with van der Waals surface area (Å²) in [6.45, 7) is -0.995. The van der Waals surface area contributed by atoms with Gasteiger partial charge in [0.25, 0.3) is 23.3 Å². The number of hydrogen-bond acceptors (Lipinski definition) is 9. The lowest BCUT2D eigenvalue weighted by Crippen LogP contribution is -2.58. The Balaban J connectivity index is 1.53. The number of carbonyl (C=O) groups is 2. The number of likely N-dealkylation sites (tertiary alicyclic amines) is 1. The number of halogens is 3. The SMILES string of the molecule is COCCCC(S)CCCNCc1cc(C(=O)Nc2cc(-c3ccc(C#N)cc3C(=O)N3CC(F)(F)C3)cc(OCF)n2)c(=O)n(C)c1. The minimum absolute atomic E-state index is 0.0516. The van der Waals surface area contributed by atoms with Gasteiger partial charge in [0.05, 0.1) is 24.7 Å². The molecule has 4 rings (SSSR count). The van der Waals surface area contributed by atoms with Gasteiger partial charge in [-0.3, -0.25) is 14.4 Å². The third-order valence-electron chi connectivity index (χ3n) is 7.66. The number of pyridine rings is 2. The second kappa shape index (κ2) is 16.6. The predicted octanol–water partition coefficient (Wildman–Crippen LogP) is 4.56. The maximum atomic E-state index is 13.5. The molecule has 3 heterocycles. The molecule has 2 amide bonds. The van der Waals surface area contributed by atoms with Gasteiger partial charge in [-0.05, 0) is 73.2 Å². The van der Waals surface area contributed by atoms with Crippen molar-refractivity contribution in [1.29, 1.82) is 5.26 Å². The van der Waals surface area contributed by atoms with Crippen molar-refractivity contribution in [3.63, 3.8) is 0 Å². The first kappa shape index (κ1) is 36.4. The van der Waals surface area contributed by atoms with E-state index in [0.717, 1.165) is 30.6 Å². The van der Waals surface area contributed by atoms with Crippen molar-refractivity contribution in [2.45, 2.75) is 43.4 Å². The lowest BCUT2D eigenvalue weighted by molar-refractivity contribution is -0.113. The zero-order chi connectivity index (χ0) is 34.8. The van der Waals surface area contributed by atoms with Crippen LogP contribution in [0, 0.1) is 11.3 Å². The molecule has 0 aliphatic carbocycles. The van der Waals surface area contributed by atoms with Gasteiger partial charge < -0.3 is 29.6 Å². The third-order valence-corrected chi connectivity index (χ3v) is 8.17. The molecular weight excluding hydrogens is 649 g/mol. The Morgan fingerprint density at radius 3 is 2.58 bits per heavy atom. The molecule has 48 heavy (non-hydrogen) atoms. The Labute approximate surface area is 281 Å². The van der Waals surface area contributed by atoms with Crippen LogP contribution in [0.3, 0.4) is 0 Å². The molecule has 1 saturated heterocycles. The average molecular weight is 687 g/mol. The van der Waals surface area contributed by atoms with Crippen LogP contribution in [0.1, 0.15) is 57.5 Å². The number of nitriles is 1. The second-order valence-corrected chi connectivity index (χ2v) is 12.2. The van der Waals surface area contributed by atoms with E-state index in [2.05, 4.69) is 28.2 Å². The maximum Gasteiger partial charge on any atom is 0.282 e. The molecule has 15 heteroatoms. The lowest BCUT2D eigenvalue weighted by Gasteiger charge is -2.39. The van der Waals surface area contributed by atoms with Crippen LogP contribution < -0.4 is 20.9 Å². The highest BCUT2D eigenvalue weighted by Gasteiger charge is 2.46. The number of benzene rings is 1. The highest BCUT2D eigenvalue weighted by molar-refractivity contribution is 7.80. The quantitative estimate of drug-likeness (QED) is 0.147. The number of rotatable bonds is 16. The topological polar surface area (TPSA) is 139 Å². The predicted molar refractivity (Wildman–Crippen MR) is 176 cm³/mol. The number of aryl methyl sites for hydroxylation is 1. The van der Waals surface area contributed by atoms with Gasteiger partial charge >= 0.3 is 0 Å². The number of amides is 2. The van der Waals surface area contributed by atoms with E-state index in [0.29, 0.717) is 25.3 Å². The molecular formula is C33H37F3N6O5S. The monoisotopic (exact) mass is 686 g/mol. The van der Waals surface area contributed by atoms with Gasteiger partial charge in [-0.1, -0.05) is 6.07 Å². The maximum absolute atomic E-state index is 13.5. The number of nitrogens with one attached hydrogen (secondary N) is 2. The minimum Gasteiger partial charge on any atom is -0.446 e. The van der Waals surface area contributed by atoms with E-state index in [-0.39, 0.29) is 44.8 Å². The number of carbonyl (C=O) groups excluding carboxylic acids is 2. The van der Waals surface area contributed by atoms with Crippen LogP contribution in [0.5, 0.6) is 5.88 Å². The highest BCUT2D eigenvalue weighted by atomic mass is 32.1. The van der Waals surface area contributed by atoms with E-state index in [1.807, 2.05) is 6.07 Å². The molecule has 1 unspecified atom stereocenters. The normalized spacial score (nSPS) is 14.1. The van der Waals surface area contributed by atoms with Gasteiger partial charge in [-0.2, -0.15) is 22.9 Å². The van der Waals surface area contributed by atoms with E-state index < -0.39 is 43.2 Å². The Bertz CT molecular complexity index is 1720. The molecule has 1 aliphatic heterocycles.